The van der Waals surface area contributed by atoms with Crippen LogP contribution in [0.25, 0.3) is 0 Å². The third-order valence-corrected chi connectivity index (χ3v) is 7.76. The number of ether oxygens (including phenoxy) is 1. The van der Waals surface area contributed by atoms with Crippen molar-refractivity contribution in [1.82, 2.24) is 9.88 Å². The predicted molar refractivity (Wildman–Crippen MR) is 90.7 cm³/mol. The smallest absolute Gasteiger partial charge is 0.254 e. The molecule has 132 valence electrons. The number of carbonyl (C=O) groups excluding carboxylic acids is 1. The van der Waals surface area contributed by atoms with Crippen LogP contribution in [0.4, 0.5) is 0 Å². The van der Waals surface area contributed by atoms with Crippen LogP contribution in [0.1, 0.15) is 35.1 Å². The zero-order chi connectivity index (χ0) is 17.5. The zero-order valence-electron chi connectivity index (χ0n) is 14.4. The standard InChI is InChI=1S/C17H24N2O4S/c1-4-23-9-15-5-6-24(21,22)17(15)10-19(11-17)16(20)14-7-12(2)18-13(3)8-14/h7-8,15H,4-6,9-11H2,1-3H3/t15-/m0/s1. The van der Waals surface area contributed by atoms with Gasteiger partial charge in [0.05, 0.1) is 12.4 Å². The maximum atomic E-state index is 12.7. The molecule has 0 aromatic carbocycles. The summed E-state index contributed by atoms with van der Waals surface area (Å²) in [5.41, 5.74) is 2.15. The lowest BCUT2D eigenvalue weighted by Crippen LogP contribution is -2.68. The molecule has 2 fully saturated rings. The van der Waals surface area contributed by atoms with Crippen molar-refractivity contribution >= 4 is 15.7 Å². The van der Waals surface area contributed by atoms with E-state index in [0.717, 1.165) is 11.4 Å². The van der Waals surface area contributed by atoms with E-state index < -0.39 is 14.6 Å². The van der Waals surface area contributed by atoms with Crippen molar-refractivity contribution < 1.29 is 17.9 Å². The predicted octanol–water partition coefficient (Wildman–Crippen LogP) is 1.36. The van der Waals surface area contributed by atoms with Crippen LogP contribution in [-0.4, -0.2) is 61.0 Å². The number of amides is 1. The summed E-state index contributed by atoms with van der Waals surface area (Å²) in [5.74, 6) is 0.0548. The minimum absolute atomic E-state index is 0.0209. The molecule has 3 heterocycles. The highest BCUT2D eigenvalue weighted by Crippen LogP contribution is 2.45. The Bertz CT molecular complexity index is 734. The van der Waals surface area contributed by atoms with Crippen molar-refractivity contribution in [2.24, 2.45) is 5.92 Å². The summed E-state index contributed by atoms with van der Waals surface area (Å²) in [6.07, 6.45) is 0.623. The number of aromatic nitrogens is 1. The van der Waals surface area contributed by atoms with E-state index in [4.69, 9.17) is 4.74 Å². The molecule has 24 heavy (non-hydrogen) atoms. The number of aryl methyl sites for hydroxylation is 2. The monoisotopic (exact) mass is 352 g/mol. The molecule has 1 aromatic heterocycles. The van der Waals surface area contributed by atoms with Gasteiger partial charge in [-0.3, -0.25) is 9.78 Å². The number of likely N-dealkylation sites (tertiary alicyclic amines) is 1. The Morgan fingerprint density at radius 2 is 1.96 bits per heavy atom. The minimum atomic E-state index is -3.18. The van der Waals surface area contributed by atoms with Gasteiger partial charge in [-0.2, -0.15) is 0 Å². The molecular weight excluding hydrogens is 328 g/mol. The van der Waals surface area contributed by atoms with Crippen LogP contribution < -0.4 is 0 Å². The molecule has 3 rings (SSSR count). The molecule has 2 aliphatic heterocycles. The van der Waals surface area contributed by atoms with E-state index in [2.05, 4.69) is 4.98 Å². The van der Waals surface area contributed by atoms with Crippen molar-refractivity contribution in [2.75, 3.05) is 32.1 Å². The van der Waals surface area contributed by atoms with Gasteiger partial charge >= 0.3 is 0 Å². The fraction of sp³-hybridized carbons (Fsp3) is 0.647. The topological polar surface area (TPSA) is 76.6 Å². The number of hydrogen-bond acceptors (Lipinski definition) is 5. The van der Waals surface area contributed by atoms with Crippen LogP contribution in [0.2, 0.25) is 0 Å². The van der Waals surface area contributed by atoms with Crippen LogP contribution in [0.3, 0.4) is 0 Å². The third kappa shape index (κ3) is 2.73. The Labute approximate surface area is 143 Å². The fourth-order valence-electron chi connectivity index (χ4n) is 3.85. The number of pyridine rings is 1. The van der Waals surface area contributed by atoms with Crippen LogP contribution in [-0.2, 0) is 14.6 Å². The van der Waals surface area contributed by atoms with Crippen LogP contribution >= 0.6 is 0 Å². The summed E-state index contributed by atoms with van der Waals surface area (Å²) in [4.78, 5) is 18.6. The molecular formula is C17H24N2O4S. The van der Waals surface area contributed by atoms with Crippen molar-refractivity contribution in [3.63, 3.8) is 0 Å². The largest absolute Gasteiger partial charge is 0.381 e. The Morgan fingerprint density at radius 1 is 1.33 bits per heavy atom. The Kier molecular flexibility index (Phi) is 4.42. The average molecular weight is 352 g/mol. The minimum Gasteiger partial charge on any atom is -0.381 e. The molecule has 1 atom stereocenters. The first-order valence-electron chi connectivity index (χ1n) is 8.33. The number of rotatable bonds is 4. The Hall–Kier alpha value is -1.47. The van der Waals surface area contributed by atoms with Crippen molar-refractivity contribution in [3.8, 4) is 0 Å². The van der Waals surface area contributed by atoms with Crippen molar-refractivity contribution in [3.05, 3.63) is 29.1 Å². The van der Waals surface area contributed by atoms with Gasteiger partial charge in [0, 0.05) is 42.6 Å². The number of sulfone groups is 1. The lowest BCUT2D eigenvalue weighted by atomic mass is 9.83. The summed E-state index contributed by atoms with van der Waals surface area (Å²) in [7, 11) is -3.18. The first-order chi connectivity index (χ1) is 11.3. The highest BCUT2D eigenvalue weighted by atomic mass is 32.2. The second-order valence-electron chi connectivity index (χ2n) is 6.83. The average Bonchev–Trinajstić information content (AvgIpc) is 2.72. The third-order valence-electron chi connectivity index (χ3n) is 5.15. The molecule has 7 heteroatoms. The van der Waals surface area contributed by atoms with E-state index >= 15 is 0 Å². The first-order valence-corrected chi connectivity index (χ1v) is 9.99. The van der Waals surface area contributed by atoms with E-state index in [9.17, 15) is 13.2 Å². The van der Waals surface area contributed by atoms with E-state index in [-0.39, 0.29) is 30.7 Å². The van der Waals surface area contributed by atoms with Gasteiger partial charge in [-0.25, -0.2) is 8.42 Å². The Morgan fingerprint density at radius 3 is 2.54 bits per heavy atom. The van der Waals surface area contributed by atoms with Gasteiger partial charge < -0.3 is 9.64 Å². The van der Waals surface area contributed by atoms with E-state index in [1.807, 2.05) is 20.8 Å². The molecule has 1 aromatic rings. The first kappa shape index (κ1) is 17.4. The maximum absolute atomic E-state index is 12.7. The zero-order valence-corrected chi connectivity index (χ0v) is 15.2. The summed E-state index contributed by atoms with van der Waals surface area (Å²) in [5, 5.41) is 0. The van der Waals surface area contributed by atoms with E-state index in [0.29, 0.717) is 25.2 Å². The summed E-state index contributed by atoms with van der Waals surface area (Å²) >= 11 is 0. The highest BCUT2D eigenvalue weighted by molar-refractivity contribution is 7.93. The number of carbonyl (C=O) groups is 1. The van der Waals surface area contributed by atoms with Gasteiger partial charge in [0.15, 0.2) is 9.84 Å². The molecule has 0 bridgehead atoms. The molecule has 1 spiro atoms. The van der Waals surface area contributed by atoms with Crippen LogP contribution in [0, 0.1) is 19.8 Å². The van der Waals surface area contributed by atoms with Gasteiger partial charge in [-0.15, -0.1) is 0 Å². The number of nitrogens with zero attached hydrogens (tertiary/aromatic N) is 2. The quantitative estimate of drug-likeness (QED) is 0.818. The SMILES string of the molecule is CCOC[C@@H]1CCS(=O)(=O)C12CN(C(=O)c1cc(C)nc(C)c1)C2. The van der Waals surface area contributed by atoms with Crippen molar-refractivity contribution in [1.29, 1.82) is 0 Å². The molecule has 0 unspecified atom stereocenters. The fourth-order valence-corrected chi connectivity index (χ4v) is 6.25. The molecule has 0 aliphatic carbocycles. The summed E-state index contributed by atoms with van der Waals surface area (Å²) in [6, 6.07) is 3.50. The molecule has 2 saturated heterocycles. The second kappa shape index (κ2) is 6.11. The van der Waals surface area contributed by atoms with Crippen molar-refractivity contribution in [2.45, 2.75) is 31.9 Å². The van der Waals surface area contributed by atoms with E-state index in [1.165, 1.54) is 0 Å². The molecule has 0 N–H and O–H groups in total. The van der Waals surface area contributed by atoms with Gasteiger partial charge in [-0.1, -0.05) is 0 Å². The van der Waals surface area contributed by atoms with Gasteiger partial charge in [0.25, 0.3) is 5.91 Å². The second-order valence-corrected chi connectivity index (χ2v) is 9.28. The lowest BCUT2D eigenvalue weighted by molar-refractivity contribution is 0.0270. The lowest BCUT2D eigenvalue weighted by Gasteiger charge is -2.49. The summed E-state index contributed by atoms with van der Waals surface area (Å²) < 4.78 is 29.8. The van der Waals surface area contributed by atoms with Crippen LogP contribution in [0.15, 0.2) is 12.1 Å². The van der Waals surface area contributed by atoms with Crippen LogP contribution in [0.5, 0.6) is 0 Å². The summed E-state index contributed by atoms with van der Waals surface area (Å²) in [6.45, 7) is 7.16. The maximum Gasteiger partial charge on any atom is 0.254 e. The number of hydrogen-bond donors (Lipinski definition) is 0. The molecule has 1 amide bonds. The van der Waals surface area contributed by atoms with Gasteiger partial charge in [0.1, 0.15) is 4.75 Å². The van der Waals surface area contributed by atoms with Gasteiger partial charge in [0.2, 0.25) is 0 Å². The molecule has 0 saturated carbocycles. The Balaban J connectivity index is 1.77. The molecule has 0 radical (unpaired) electrons. The van der Waals surface area contributed by atoms with Gasteiger partial charge in [-0.05, 0) is 39.3 Å². The molecule has 2 aliphatic rings. The van der Waals surface area contributed by atoms with E-state index in [1.54, 1.807) is 17.0 Å². The normalized spacial score (nSPS) is 24.1. The molecule has 6 nitrogen and oxygen atoms in total. The highest BCUT2D eigenvalue weighted by Gasteiger charge is 2.62.